The number of halogens is 3. The zero-order valence-corrected chi connectivity index (χ0v) is 12.3. The first kappa shape index (κ1) is 16.8. The number of sulfonamides is 1. The molecule has 0 radical (unpaired) electrons. The monoisotopic (exact) mass is 326 g/mol. The highest BCUT2D eigenvalue weighted by Crippen LogP contribution is 2.19. The Kier molecular flexibility index (Phi) is 5.06. The van der Waals surface area contributed by atoms with E-state index in [4.69, 9.17) is 0 Å². The number of carbonyl (C=O) groups excluding carboxylic acids is 1. The minimum atomic E-state index is -3.99. The number of carbonyl (C=O) groups is 1. The van der Waals surface area contributed by atoms with E-state index >= 15 is 0 Å². The van der Waals surface area contributed by atoms with Crippen LogP contribution in [-0.4, -0.2) is 38.1 Å². The molecule has 1 aromatic carbocycles. The maximum Gasteiger partial charge on any atom is 0.399 e. The summed E-state index contributed by atoms with van der Waals surface area (Å²) in [7, 11) is -0.874. The molecule has 0 bridgehead atoms. The van der Waals surface area contributed by atoms with Gasteiger partial charge in [-0.05, 0) is 29.3 Å². The van der Waals surface area contributed by atoms with Crippen molar-refractivity contribution < 1.29 is 22.0 Å². The summed E-state index contributed by atoms with van der Waals surface area (Å²) < 4.78 is 49.7. The topological polar surface area (TPSA) is 66.5 Å². The molecular weight excluding hydrogens is 314 g/mol. The van der Waals surface area contributed by atoms with Crippen LogP contribution >= 0.6 is 11.6 Å². The van der Waals surface area contributed by atoms with E-state index in [2.05, 4.69) is 11.6 Å². The molecule has 1 rings (SSSR count). The van der Waals surface area contributed by atoms with Crippen molar-refractivity contribution in [3.8, 4) is 0 Å². The number of amides is 1. The van der Waals surface area contributed by atoms with Gasteiger partial charge < -0.3 is 5.32 Å². The molecule has 0 aromatic heterocycles. The van der Waals surface area contributed by atoms with Crippen LogP contribution in [0, 0.1) is 0 Å². The van der Waals surface area contributed by atoms with Crippen molar-refractivity contribution in [2.75, 3.05) is 14.1 Å². The fourth-order valence-corrected chi connectivity index (χ4v) is 2.35. The second kappa shape index (κ2) is 6.02. The summed E-state index contributed by atoms with van der Waals surface area (Å²) in [6, 6.07) is 5.62. The Bertz CT molecular complexity index is 600. The van der Waals surface area contributed by atoms with E-state index in [-0.39, 0.29) is 11.4 Å². The fourth-order valence-electron chi connectivity index (χ4n) is 1.31. The standard InChI is InChI=1S/C11H13ClF2N2O3S/c1-16(2)20(18,19)9-5-3-4-8(6-9)7-15-10(17)11(12,13)14/h3-6H,7H2,1-2H3,(H,15,17). The molecule has 1 amide bonds. The minimum absolute atomic E-state index is 0.00637. The van der Waals surface area contributed by atoms with Crippen molar-refractivity contribution in [1.29, 1.82) is 0 Å². The summed E-state index contributed by atoms with van der Waals surface area (Å²) >= 11 is 4.55. The fraction of sp³-hybridized carbons (Fsp3) is 0.364. The minimum Gasteiger partial charge on any atom is -0.346 e. The second-order valence-electron chi connectivity index (χ2n) is 4.12. The predicted octanol–water partition coefficient (Wildman–Crippen LogP) is 1.38. The van der Waals surface area contributed by atoms with Gasteiger partial charge in [0.2, 0.25) is 10.0 Å². The molecule has 20 heavy (non-hydrogen) atoms. The van der Waals surface area contributed by atoms with Gasteiger partial charge in [-0.15, -0.1) is 0 Å². The molecule has 0 fully saturated rings. The summed E-state index contributed by atoms with van der Waals surface area (Å²) in [6.45, 7) is -0.252. The lowest BCUT2D eigenvalue weighted by atomic mass is 10.2. The Morgan fingerprint density at radius 3 is 2.50 bits per heavy atom. The normalized spacial score (nSPS) is 12.5. The number of benzene rings is 1. The molecule has 0 aliphatic carbocycles. The molecule has 0 atom stereocenters. The molecular formula is C11H13ClF2N2O3S. The highest BCUT2D eigenvalue weighted by atomic mass is 35.5. The first-order valence-electron chi connectivity index (χ1n) is 5.41. The Hall–Kier alpha value is -1.25. The predicted molar refractivity (Wildman–Crippen MR) is 70.0 cm³/mol. The maximum atomic E-state index is 12.4. The average molecular weight is 327 g/mol. The van der Waals surface area contributed by atoms with Gasteiger partial charge in [0.05, 0.1) is 4.90 Å². The van der Waals surface area contributed by atoms with Crippen molar-refractivity contribution in [1.82, 2.24) is 9.62 Å². The molecule has 0 saturated heterocycles. The lowest BCUT2D eigenvalue weighted by molar-refractivity contribution is -0.135. The summed E-state index contributed by atoms with van der Waals surface area (Å²) in [5.74, 6) is -1.64. The summed E-state index contributed by atoms with van der Waals surface area (Å²) in [5.41, 5.74) is 0.363. The van der Waals surface area contributed by atoms with E-state index in [1.54, 1.807) is 0 Å². The Labute approximate surface area is 120 Å². The van der Waals surface area contributed by atoms with Gasteiger partial charge in [-0.2, -0.15) is 8.78 Å². The Morgan fingerprint density at radius 2 is 2.00 bits per heavy atom. The van der Waals surface area contributed by atoms with Crippen molar-refractivity contribution in [3.63, 3.8) is 0 Å². The van der Waals surface area contributed by atoms with E-state index in [1.807, 2.05) is 5.32 Å². The van der Waals surface area contributed by atoms with Gasteiger partial charge in [0.25, 0.3) is 0 Å². The van der Waals surface area contributed by atoms with Crippen LogP contribution in [0.3, 0.4) is 0 Å². The molecule has 0 heterocycles. The highest BCUT2D eigenvalue weighted by Gasteiger charge is 2.35. The van der Waals surface area contributed by atoms with Gasteiger partial charge in [-0.3, -0.25) is 4.79 Å². The molecule has 0 unspecified atom stereocenters. The van der Waals surface area contributed by atoms with E-state index in [9.17, 15) is 22.0 Å². The van der Waals surface area contributed by atoms with Crippen LogP contribution in [0.25, 0.3) is 0 Å². The molecule has 0 aliphatic heterocycles. The summed E-state index contributed by atoms with van der Waals surface area (Å²) in [6.07, 6.45) is 0. The van der Waals surface area contributed by atoms with Gasteiger partial charge in [0.15, 0.2) is 0 Å². The van der Waals surface area contributed by atoms with Crippen LogP contribution in [0.15, 0.2) is 29.2 Å². The van der Waals surface area contributed by atoms with Gasteiger partial charge in [0.1, 0.15) is 0 Å². The summed E-state index contributed by atoms with van der Waals surface area (Å²) in [4.78, 5) is 10.9. The van der Waals surface area contributed by atoms with Crippen LogP contribution in [0.1, 0.15) is 5.56 Å². The zero-order valence-electron chi connectivity index (χ0n) is 10.7. The molecule has 1 aromatic rings. The molecule has 9 heteroatoms. The van der Waals surface area contributed by atoms with Gasteiger partial charge in [-0.1, -0.05) is 12.1 Å². The first-order chi connectivity index (χ1) is 9.05. The molecule has 0 saturated carbocycles. The van der Waals surface area contributed by atoms with Crippen molar-refractivity contribution in [3.05, 3.63) is 29.8 Å². The smallest absolute Gasteiger partial charge is 0.346 e. The van der Waals surface area contributed by atoms with Crippen LogP contribution < -0.4 is 5.32 Å². The van der Waals surface area contributed by atoms with E-state index < -0.39 is 21.3 Å². The number of hydrogen-bond donors (Lipinski definition) is 1. The largest absolute Gasteiger partial charge is 0.399 e. The van der Waals surface area contributed by atoms with Crippen LogP contribution in [0.5, 0.6) is 0 Å². The van der Waals surface area contributed by atoms with E-state index in [0.29, 0.717) is 5.56 Å². The number of rotatable bonds is 5. The van der Waals surface area contributed by atoms with Crippen LogP contribution in [0.4, 0.5) is 8.78 Å². The molecule has 1 N–H and O–H groups in total. The van der Waals surface area contributed by atoms with Crippen molar-refractivity contribution in [2.24, 2.45) is 0 Å². The number of alkyl halides is 3. The number of nitrogens with one attached hydrogen (secondary N) is 1. The maximum absolute atomic E-state index is 12.4. The van der Waals surface area contributed by atoms with Gasteiger partial charge in [0, 0.05) is 20.6 Å². The van der Waals surface area contributed by atoms with E-state index in [1.165, 1.54) is 38.4 Å². The third-order valence-corrected chi connectivity index (χ3v) is 4.37. The lowest BCUT2D eigenvalue weighted by Crippen LogP contribution is -2.35. The Balaban J connectivity index is 2.88. The molecule has 112 valence electrons. The first-order valence-corrected chi connectivity index (χ1v) is 7.23. The molecule has 5 nitrogen and oxygen atoms in total. The third kappa shape index (κ3) is 4.12. The van der Waals surface area contributed by atoms with Crippen LogP contribution in [0.2, 0.25) is 0 Å². The van der Waals surface area contributed by atoms with E-state index in [0.717, 1.165) is 4.31 Å². The number of nitrogens with zero attached hydrogens (tertiary/aromatic N) is 1. The average Bonchev–Trinajstić information content (AvgIpc) is 2.34. The second-order valence-corrected chi connectivity index (χ2v) is 6.74. The molecule has 0 spiro atoms. The third-order valence-electron chi connectivity index (χ3n) is 2.39. The van der Waals surface area contributed by atoms with Gasteiger partial charge >= 0.3 is 11.3 Å². The Morgan fingerprint density at radius 1 is 1.40 bits per heavy atom. The van der Waals surface area contributed by atoms with Crippen molar-refractivity contribution >= 4 is 27.5 Å². The van der Waals surface area contributed by atoms with Crippen molar-refractivity contribution in [2.45, 2.75) is 16.8 Å². The number of hydrogen-bond acceptors (Lipinski definition) is 3. The quantitative estimate of drug-likeness (QED) is 0.831. The van der Waals surface area contributed by atoms with Crippen LogP contribution in [-0.2, 0) is 21.4 Å². The SMILES string of the molecule is CN(C)S(=O)(=O)c1cccc(CNC(=O)C(F)(F)Cl)c1. The zero-order chi connectivity index (χ0) is 15.6. The molecule has 0 aliphatic rings. The lowest BCUT2D eigenvalue weighted by Gasteiger charge is -2.13. The van der Waals surface area contributed by atoms with Gasteiger partial charge in [-0.25, -0.2) is 12.7 Å². The highest BCUT2D eigenvalue weighted by molar-refractivity contribution is 7.89. The summed E-state index contributed by atoms with van der Waals surface area (Å²) in [5, 5.41) is -2.08.